The van der Waals surface area contributed by atoms with Crippen molar-refractivity contribution in [1.82, 2.24) is 5.32 Å². The molecule has 0 bridgehead atoms. The second-order valence-corrected chi connectivity index (χ2v) is 6.92. The van der Waals surface area contributed by atoms with E-state index >= 15 is 0 Å². The molecule has 1 aromatic rings. The average molecular weight is 320 g/mol. The predicted molar refractivity (Wildman–Crippen MR) is 73.3 cm³/mol. The zero-order valence-corrected chi connectivity index (χ0v) is 12.1. The molecule has 1 aliphatic heterocycles. The number of hydrogen-bond donors (Lipinski definition) is 2. The number of nitrogens with one attached hydrogen (secondary N) is 1. The number of rotatable bonds is 5. The lowest BCUT2D eigenvalue weighted by Gasteiger charge is -2.35. The Morgan fingerprint density at radius 1 is 1.47 bits per heavy atom. The fourth-order valence-electron chi connectivity index (χ4n) is 2.11. The van der Waals surface area contributed by atoms with E-state index in [4.69, 9.17) is 4.74 Å². The first-order valence-corrected chi connectivity index (χ1v) is 7.54. The smallest absolute Gasteiger partial charge is 0.0701 e. The molecule has 1 aliphatic rings. The summed E-state index contributed by atoms with van der Waals surface area (Å²) in [7, 11) is 0. The molecular weight excluding hydrogens is 302 g/mol. The van der Waals surface area contributed by atoms with E-state index in [1.807, 2.05) is 0 Å². The van der Waals surface area contributed by atoms with E-state index in [1.165, 1.54) is 5.56 Å². The Morgan fingerprint density at radius 3 is 2.82 bits per heavy atom. The van der Waals surface area contributed by atoms with Gasteiger partial charge in [-0.3, -0.25) is 0 Å². The number of ether oxygens (including phenoxy) is 1. The first kappa shape index (κ1) is 13.5. The molecule has 0 amide bonds. The molecule has 0 aromatic carbocycles. The first-order chi connectivity index (χ1) is 8.24. The van der Waals surface area contributed by atoms with Gasteiger partial charge in [-0.05, 0) is 45.8 Å². The third-order valence-electron chi connectivity index (χ3n) is 3.34. The second-order valence-electron chi connectivity index (χ2n) is 4.63. The summed E-state index contributed by atoms with van der Waals surface area (Å²) in [4.78, 5) is 0. The van der Waals surface area contributed by atoms with Gasteiger partial charge in [0.05, 0.1) is 10.4 Å². The van der Waals surface area contributed by atoms with Gasteiger partial charge in [0.1, 0.15) is 0 Å². The number of aliphatic hydroxyl groups is 1. The van der Waals surface area contributed by atoms with Crippen LogP contribution in [0.1, 0.15) is 18.4 Å². The maximum absolute atomic E-state index is 9.54. The molecule has 0 saturated carbocycles. The summed E-state index contributed by atoms with van der Waals surface area (Å²) in [5.74, 6) is 0. The Labute approximate surface area is 114 Å². The van der Waals surface area contributed by atoms with E-state index in [9.17, 15) is 5.11 Å². The molecule has 0 spiro atoms. The topological polar surface area (TPSA) is 41.5 Å². The summed E-state index contributed by atoms with van der Waals surface area (Å²) >= 11 is 5.16. The Morgan fingerprint density at radius 2 is 2.24 bits per heavy atom. The van der Waals surface area contributed by atoms with Crippen LogP contribution in [0.3, 0.4) is 0 Å². The van der Waals surface area contributed by atoms with Crippen molar-refractivity contribution in [2.24, 2.45) is 5.41 Å². The molecule has 1 saturated heterocycles. The molecule has 2 heterocycles. The summed E-state index contributed by atoms with van der Waals surface area (Å²) < 4.78 is 6.52. The van der Waals surface area contributed by atoms with Gasteiger partial charge < -0.3 is 15.2 Å². The highest BCUT2D eigenvalue weighted by Gasteiger charge is 2.31. The highest BCUT2D eigenvalue weighted by Crippen LogP contribution is 2.29. The molecule has 17 heavy (non-hydrogen) atoms. The van der Waals surface area contributed by atoms with Gasteiger partial charge in [-0.25, -0.2) is 0 Å². The molecule has 2 N–H and O–H groups in total. The average Bonchev–Trinajstić information content (AvgIpc) is 2.76. The van der Waals surface area contributed by atoms with Gasteiger partial charge in [-0.1, -0.05) is 0 Å². The van der Waals surface area contributed by atoms with E-state index < -0.39 is 0 Å². The Kier molecular flexibility index (Phi) is 4.99. The Balaban J connectivity index is 1.79. The van der Waals surface area contributed by atoms with Crippen molar-refractivity contribution in [3.05, 3.63) is 20.8 Å². The molecule has 2 rings (SSSR count). The number of hydrogen-bond acceptors (Lipinski definition) is 4. The summed E-state index contributed by atoms with van der Waals surface area (Å²) in [5.41, 5.74) is 1.31. The minimum atomic E-state index is 0.0193. The van der Waals surface area contributed by atoms with Crippen molar-refractivity contribution < 1.29 is 9.84 Å². The standard InChI is InChI=1S/C12H18BrNO2S/c13-11-5-10(7-17-11)6-14-8-12(9-15)1-3-16-4-2-12/h5,7,14-15H,1-4,6,8-9H2. The third kappa shape index (κ3) is 3.76. The van der Waals surface area contributed by atoms with Crippen LogP contribution in [-0.2, 0) is 11.3 Å². The third-order valence-corrected chi connectivity index (χ3v) is 4.89. The number of aliphatic hydroxyl groups excluding tert-OH is 1. The summed E-state index contributed by atoms with van der Waals surface area (Å²) in [6, 6.07) is 2.13. The number of thiophene rings is 1. The van der Waals surface area contributed by atoms with Gasteiger partial charge in [0, 0.05) is 31.7 Å². The van der Waals surface area contributed by atoms with Gasteiger partial charge >= 0.3 is 0 Å². The van der Waals surface area contributed by atoms with Crippen LogP contribution in [0.15, 0.2) is 15.2 Å². The number of halogens is 1. The van der Waals surface area contributed by atoms with Crippen LogP contribution in [-0.4, -0.2) is 31.5 Å². The van der Waals surface area contributed by atoms with E-state index in [0.717, 1.165) is 42.9 Å². The van der Waals surface area contributed by atoms with Crippen LogP contribution in [0.25, 0.3) is 0 Å². The van der Waals surface area contributed by atoms with E-state index in [0.29, 0.717) is 0 Å². The van der Waals surface area contributed by atoms with Gasteiger partial charge in [-0.2, -0.15) is 0 Å². The lowest BCUT2D eigenvalue weighted by molar-refractivity contribution is -0.0154. The fourth-order valence-corrected chi connectivity index (χ4v) is 3.31. The molecule has 0 unspecified atom stereocenters. The van der Waals surface area contributed by atoms with Crippen LogP contribution < -0.4 is 5.32 Å². The normalized spacial score (nSPS) is 19.4. The van der Waals surface area contributed by atoms with Gasteiger partial charge in [0.2, 0.25) is 0 Å². The highest BCUT2D eigenvalue weighted by molar-refractivity contribution is 9.11. The molecule has 0 radical (unpaired) electrons. The second kappa shape index (κ2) is 6.29. The largest absolute Gasteiger partial charge is 0.396 e. The van der Waals surface area contributed by atoms with Crippen molar-refractivity contribution in [2.45, 2.75) is 19.4 Å². The lowest BCUT2D eigenvalue weighted by Crippen LogP contribution is -2.41. The molecule has 0 aliphatic carbocycles. The minimum Gasteiger partial charge on any atom is -0.396 e. The SMILES string of the molecule is OCC1(CNCc2csc(Br)c2)CCOCC1. The molecular formula is C12H18BrNO2S. The van der Waals surface area contributed by atoms with Gasteiger partial charge in [-0.15, -0.1) is 11.3 Å². The van der Waals surface area contributed by atoms with Crippen molar-refractivity contribution in [3.8, 4) is 0 Å². The monoisotopic (exact) mass is 319 g/mol. The van der Waals surface area contributed by atoms with E-state index in [2.05, 4.69) is 32.7 Å². The molecule has 96 valence electrons. The molecule has 3 nitrogen and oxygen atoms in total. The quantitative estimate of drug-likeness (QED) is 0.875. The molecule has 5 heteroatoms. The van der Waals surface area contributed by atoms with Gasteiger partial charge in [0.15, 0.2) is 0 Å². The summed E-state index contributed by atoms with van der Waals surface area (Å²) in [5, 5.41) is 15.1. The molecule has 1 aromatic heterocycles. The first-order valence-electron chi connectivity index (χ1n) is 5.86. The van der Waals surface area contributed by atoms with Gasteiger partial charge in [0.25, 0.3) is 0 Å². The summed E-state index contributed by atoms with van der Waals surface area (Å²) in [6.45, 7) is 3.51. The van der Waals surface area contributed by atoms with Crippen molar-refractivity contribution in [2.75, 3.05) is 26.4 Å². The Bertz CT molecular complexity index is 350. The molecule has 1 fully saturated rings. The molecule has 0 atom stereocenters. The fraction of sp³-hybridized carbons (Fsp3) is 0.667. The van der Waals surface area contributed by atoms with Crippen molar-refractivity contribution in [3.63, 3.8) is 0 Å². The van der Waals surface area contributed by atoms with Crippen LogP contribution in [0.5, 0.6) is 0 Å². The van der Waals surface area contributed by atoms with E-state index in [-0.39, 0.29) is 12.0 Å². The zero-order valence-electron chi connectivity index (χ0n) is 9.75. The van der Waals surface area contributed by atoms with Crippen molar-refractivity contribution in [1.29, 1.82) is 0 Å². The zero-order chi connectivity index (χ0) is 12.1. The maximum atomic E-state index is 9.54. The maximum Gasteiger partial charge on any atom is 0.0701 e. The van der Waals surface area contributed by atoms with Crippen LogP contribution >= 0.6 is 27.3 Å². The predicted octanol–water partition coefficient (Wildman–Crippen LogP) is 2.39. The Hall–Kier alpha value is 0.0600. The van der Waals surface area contributed by atoms with Crippen LogP contribution in [0.4, 0.5) is 0 Å². The van der Waals surface area contributed by atoms with Crippen LogP contribution in [0.2, 0.25) is 0 Å². The van der Waals surface area contributed by atoms with Crippen molar-refractivity contribution >= 4 is 27.3 Å². The minimum absolute atomic E-state index is 0.0193. The lowest BCUT2D eigenvalue weighted by atomic mass is 9.81. The van der Waals surface area contributed by atoms with E-state index in [1.54, 1.807) is 11.3 Å². The highest BCUT2D eigenvalue weighted by atomic mass is 79.9. The van der Waals surface area contributed by atoms with Crippen LogP contribution in [0, 0.1) is 5.41 Å². The summed E-state index contributed by atoms with van der Waals surface area (Å²) in [6.07, 6.45) is 1.90.